The van der Waals surface area contributed by atoms with Gasteiger partial charge in [-0.3, -0.25) is 0 Å². The Labute approximate surface area is 174 Å². The molecular formula is C20H15ClN4O3S. The summed E-state index contributed by atoms with van der Waals surface area (Å²) in [7, 11) is 0. The Morgan fingerprint density at radius 1 is 1.07 bits per heavy atom. The van der Waals surface area contributed by atoms with Crippen molar-refractivity contribution in [3.63, 3.8) is 0 Å². The van der Waals surface area contributed by atoms with Crippen LogP contribution in [0.5, 0.6) is 5.75 Å². The van der Waals surface area contributed by atoms with Crippen molar-refractivity contribution in [3.05, 3.63) is 92.7 Å². The Morgan fingerprint density at radius 2 is 1.90 bits per heavy atom. The summed E-state index contributed by atoms with van der Waals surface area (Å²) >= 11 is 7.46. The van der Waals surface area contributed by atoms with E-state index < -0.39 is 11.7 Å². The highest BCUT2D eigenvalue weighted by molar-refractivity contribution is 7.12. The molecular weight excluding hydrogens is 412 g/mol. The number of rotatable bonds is 6. The van der Waals surface area contributed by atoms with E-state index in [1.807, 2.05) is 35.7 Å². The Morgan fingerprint density at radius 3 is 2.66 bits per heavy atom. The largest absolute Gasteiger partial charge is 0.425 e. The third kappa shape index (κ3) is 4.44. The second-order valence-electron chi connectivity index (χ2n) is 6.17. The Kier molecular flexibility index (Phi) is 5.55. The maximum absolute atomic E-state index is 12.4. The molecule has 7 nitrogen and oxygen atoms in total. The van der Waals surface area contributed by atoms with Crippen molar-refractivity contribution in [2.45, 2.75) is 13.0 Å². The van der Waals surface area contributed by atoms with Gasteiger partial charge in [0.25, 0.3) is 0 Å². The molecule has 0 spiro atoms. The SMILES string of the molecule is O=C(Cn1nnn(-c2cccs2)c1=O)Oc1ccc(Cl)cc1Cc1ccccc1. The minimum Gasteiger partial charge on any atom is -0.425 e. The van der Waals surface area contributed by atoms with Crippen molar-refractivity contribution in [2.24, 2.45) is 0 Å². The number of tetrazole rings is 1. The maximum Gasteiger partial charge on any atom is 0.369 e. The first kappa shape index (κ1) is 19.1. The maximum atomic E-state index is 12.4. The Balaban J connectivity index is 1.51. The molecule has 0 atom stereocenters. The Hall–Kier alpha value is -3.23. The molecule has 9 heteroatoms. The molecule has 0 saturated heterocycles. The number of aromatic nitrogens is 4. The summed E-state index contributed by atoms with van der Waals surface area (Å²) in [5.41, 5.74) is 1.32. The molecule has 2 aromatic heterocycles. The van der Waals surface area contributed by atoms with Gasteiger partial charge < -0.3 is 4.74 Å². The standard InChI is InChI=1S/C20H15ClN4O3S/c21-16-8-9-17(15(12-16)11-14-5-2-1-3-6-14)28-19(26)13-24-20(27)25(23-22-24)18-7-4-10-29-18/h1-10,12H,11,13H2. The Bertz CT molecular complexity index is 1190. The summed E-state index contributed by atoms with van der Waals surface area (Å²) in [5.74, 6) is -0.232. The molecule has 2 heterocycles. The second-order valence-corrected chi connectivity index (χ2v) is 7.53. The number of thiophene rings is 1. The number of halogens is 1. The fourth-order valence-corrected chi connectivity index (χ4v) is 3.64. The van der Waals surface area contributed by atoms with E-state index in [-0.39, 0.29) is 6.54 Å². The minimum absolute atomic E-state index is 0.350. The molecule has 0 radical (unpaired) electrons. The molecule has 0 fully saturated rings. The topological polar surface area (TPSA) is 79.0 Å². The molecule has 4 rings (SSSR count). The van der Waals surface area contributed by atoms with E-state index in [0.717, 1.165) is 20.5 Å². The van der Waals surface area contributed by atoms with Gasteiger partial charge in [0.1, 0.15) is 17.3 Å². The van der Waals surface area contributed by atoms with Crippen LogP contribution in [0.15, 0.2) is 70.8 Å². The quantitative estimate of drug-likeness (QED) is 0.349. The number of esters is 1. The van der Waals surface area contributed by atoms with Crippen LogP contribution in [0.4, 0.5) is 0 Å². The van der Waals surface area contributed by atoms with Crippen molar-refractivity contribution in [1.82, 2.24) is 19.8 Å². The lowest BCUT2D eigenvalue weighted by Crippen LogP contribution is -2.28. The van der Waals surface area contributed by atoms with Gasteiger partial charge in [-0.1, -0.05) is 41.9 Å². The lowest BCUT2D eigenvalue weighted by molar-refractivity contribution is -0.135. The van der Waals surface area contributed by atoms with E-state index in [9.17, 15) is 9.59 Å². The first-order valence-corrected chi connectivity index (χ1v) is 9.95. The number of nitrogens with zero attached hydrogens (tertiary/aromatic N) is 4. The van der Waals surface area contributed by atoms with Gasteiger partial charge in [0, 0.05) is 17.0 Å². The molecule has 0 aliphatic carbocycles. The lowest BCUT2D eigenvalue weighted by atomic mass is 10.0. The summed E-state index contributed by atoms with van der Waals surface area (Å²) < 4.78 is 7.61. The summed E-state index contributed by atoms with van der Waals surface area (Å²) in [6.07, 6.45) is 0.554. The van der Waals surface area contributed by atoms with Crippen LogP contribution in [0.1, 0.15) is 11.1 Å². The molecule has 29 heavy (non-hydrogen) atoms. The van der Waals surface area contributed by atoms with E-state index in [1.54, 1.807) is 30.3 Å². The molecule has 0 N–H and O–H groups in total. The van der Waals surface area contributed by atoms with Crippen molar-refractivity contribution in [1.29, 1.82) is 0 Å². The van der Waals surface area contributed by atoms with Crippen LogP contribution in [-0.4, -0.2) is 25.8 Å². The number of hydrogen-bond donors (Lipinski definition) is 0. The molecule has 0 bridgehead atoms. The molecule has 4 aromatic rings. The molecule has 0 aliphatic heterocycles. The number of benzene rings is 2. The molecule has 146 valence electrons. The number of carbonyl (C=O) groups is 1. The molecule has 2 aromatic carbocycles. The van der Waals surface area contributed by atoms with Crippen molar-refractivity contribution < 1.29 is 9.53 Å². The van der Waals surface area contributed by atoms with Crippen LogP contribution in [0.3, 0.4) is 0 Å². The van der Waals surface area contributed by atoms with Crippen molar-refractivity contribution >= 4 is 28.9 Å². The smallest absolute Gasteiger partial charge is 0.369 e. The first-order valence-electron chi connectivity index (χ1n) is 8.70. The predicted octanol–water partition coefficient (Wildman–Crippen LogP) is 3.34. The minimum atomic E-state index is -0.623. The van der Waals surface area contributed by atoms with Gasteiger partial charge in [-0.15, -0.1) is 11.3 Å². The van der Waals surface area contributed by atoms with Crippen molar-refractivity contribution in [2.75, 3.05) is 0 Å². The molecule has 0 saturated carbocycles. The van der Waals surface area contributed by atoms with Gasteiger partial charge in [0.2, 0.25) is 0 Å². The monoisotopic (exact) mass is 426 g/mol. The van der Waals surface area contributed by atoms with Gasteiger partial charge >= 0.3 is 11.7 Å². The van der Waals surface area contributed by atoms with Gasteiger partial charge in [0.05, 0.1) is 0 Å². The van der Waals surface area contributed by atoms with Gasteiger partial charge in [0.15, 0.2) is 0 Å². The zero-order valence-corrected chi connectivity index (χ0v) is 16.6. The van der Waals surface area contributed by atoms with Crippen LogP contribution in [0, 0.1) is 0 Å². The fourth-order valence-electron chi connectivity index (χ4n) is 2.78. The highest BCUT2D eigenvalue weighted by Crippen LogP contribution is 2.25. The zero-order chi connectivity index (χ0) is 20.2. The summed E-state index contributed by atoms with van der Waals surface area (Å²) in [4.78, 5) is 24.8. The van der Waals surface area contributed by atoms with Crippen LogP contribution in [-0.2, 0) is 17.8 Å². The molecule has 0 unspecified atom stereocenters. The molecule has 0 aliphatic rings. The fraction of sp³-hybridized carbons (Fsp3) is 0.100. The van der Waals surface area contributed by atoms with Crippen LogP contribution in [0.2, 0.25) is 5.02 Å². The second kappa shape index (κ2) is 8.42. The molecule has 0 amide bonds. The zero-order valence-electron chi connectivity index (χ0n) is 15.1. The highest BCUT2D eigenvalue weighted by atomic mass is 35.5. The van der Waals surface area contributed by atoms with E-state index in [4.69, 9.17) is 16.3 Å². The van der Waals surface area contributed by atoms with E-state index in [1.165, 1.54) is 11.3 Å². The van der Waals surface area contributed by atoms with E-state index in [0.29, 0.717) is 22.2 Å². The summed E-state index contributed by atoms with van der Waals surface area (Å²) in [5, 5.41) is 10.6. The van der Waals surface area contributed by atoms with Crippen LogP contribution >= 0.6 is 22.9 Å². The average Bonchev–Trinajstić information content (AvgIpc) is 3.35. The van der Waals surface area contributed by atoms with Gasteiger partial charge in [-0.25, -0.2) is 9.59 Å². The summed E-state index contributed by atoms with van der Waals surface area (Å²) in [6, 6.07) is 18.4. The van der Waals surface area contributed by atoms with Crippen LogP contribution in [0.25, 0.3) is 5.00 Å². The van der Waals surface area contributed by atoms with Crippen LogP contribution < -0.4 is 10.4 Å². The average molecular weight is 427 g/mol. The van der Waals surface area contributed by atoms with Gasteiger partial charge in [-0.05, 0) is 51.7 Å². The number of carbonyl (C=O) groups excluding carboxylic acids is 1. The normalized spacial score (nSPS) is 10.8. The predicted molar refractivity (Wildman–Crippen MR) is 110 cm³/mol. The lowest BCUT2D eigenvalue weighted by Gasteiger charge is -2.11. The highest BCUT2D eigenvalue weighted by Gasteiger charge is 2.16. The third-order valence-corrected chi connectivity index (χ3v) is 5.20. The van der Waals surface area contributed by atoms with Gasteiger partial charge in [-0.2, -0.15) is 9.36 Å². The third-order valence-electron chi connectivity index (χ3n) is 4.12. The number of ether oxygens (including phenoxy) is 1. The first-order chi connectivity index (χ1) is 14.1. The number of hydrogen-bond acceptors (Lipinski definition) is 6. The summed E-state index contributed by atoms with van der Waals surface area (Å²) in [6.45, 7) is -0.350. The van der Waals surface area contributed by atoms with E-state index >= 15 is 0 Å². The van der Waals surface area contributed by atoms with E-state index in [2.05, 4.69) is 10.4 Å². The van der Waals surface area contributed by atoms with Crippen molar-refractivity contribution in [3.8, 4) is 10.8 Å².